The molecule has 23 heavy (non-hydrogen) atoms. The second-order valence-corrected chi connectivity index (χ2v) is 5.19. The van der Waals surface area contributed by atoms with Gasteiger partial charge in [-0.2, -0.15) is 0 Å². The van der Waals surface area contributed by atoms with E-state index >= 15 is 0 Å². The van der Waals surface area contributed by atoms with E-state index in [0.29, 0.717) is 5.56 Å². The molecule has 2 rings (SSSR count). The molecule has 0 aliphatic carbocycles. The highest BCUT2D eigenvalue weighted by Crippen LogP contribution is 2.21. The van der Waals surface area contributed by atoms with E-state index in [1.165, 1.54) is 18.2 Å². The van der Waals surface area contributed by atoms with Crippen LogP contribution in [0.3, 0.4) is 0 Å². The highest BCUT2D eigenvalue weighted by atomic mass is 32.2. The van der Waals surface area contributed by atoms with Gasteiger partial charge in [-0.1, -0.05) is 23.9 Å². The van der Waals surface area contributed by atoms with E-state index in [4.69, 9.17) is 5.84 Å². The molecule has 3 N–H and O–H groups in total. The summed E-state index contributed by atoms with van der Waals surface area (Å²) in [5.74, 6) is 5.03. The minimum absolute atomic E-state index is 0.0999. The van der Waals surface area contributed by atoms with Crippen molar-refractivity contribution in [2.75, 3.05) is 18.2 Å². The largest absolute Gasteiger partial charge is 0.450 e. The van der Waals surface area contributed by atoms with Crippen LogP contribution in [0.4, 0.5) is 9.18 Å². The molecule has 2 amide bonds. The van der Waals surface area contributed by atoms with Gasteiger partial charge in [0.2, 0.25) is 11.1 Å². The van der Waals surface area contributed by atoms with Crippen molar-refractivity contribution in [3.63, 3.8) is 0 Å². The fourth-order valence-electron chi connectivity index (χ4n) is 1.65. The van der Waals surface area contributed by atoms with E-state index < -0.39 is 17.8 Å². The molecule has 0 aliphatic rings. The lowest BCUT2D eigenvalue weighted by Gasteiger charge is -2.05. The highest BCUT2D eigenvalue weighted by Gasteiger charge is 2.15. The van der Waals surface area contributed by atoms with E-state index in [0.717, 1.165) is 16.4 Å². The van der Waals surface area contributed by atoms with Crippen LogP contribution in [-0.4, -0.2) is 39.2 Å². The Hall–Kier alpha value is -2.62. The molecule has 0 radical (unpaired) electrons. The number of hydrogen-bond acceptors (Lipinski definition) is 7. The number of ether oxygens (including phenoxy) is 1. The molecule has 122 valence electrons. The Morgan fingerprint density at radius 1 is 1.43 bits per heavy atom. The van der Waals surface area contributed by atoms with E-state index in [-0.39, 0.29) is 23.3 Å². The number of nitrogens with two attached hydrogens (primary N) is 1. The van der Waals surface area contributed by atoms with Gasteiger partial charge in [0, 0.05) is 5.56 Å². The number of halogens is 1. The fraction of sp³-hybridized carbons (Fsp3) is 0.231. The highest BCUT2D eigenvalue weighted by molar-refractivity contribution is 7.99. The van der Waals surface area contributed by atoms with Gasteiger partial charge in [0.25, 0.3) is 0 Å². The quantitative estimate of drug-likeness (QED) is 0.621. The lowest BCUT2D eigenvalue weighted by Crippen LogP contribution is -2.32. The number of thioether (sulfide) groups is 1. The molecule has 0 unspecified atom stereocenters. The minimum atomic E-state index is -0.812. The normalized spacial score (nSPS) is 10.3. The van der Waals surface area contributed by atoms with Gasteiger partial charge in [0.1, 0.15) is 5.82 Å². The molecule has 8 nitrogen and oxygen atoms in total. The molecule has 0 saturated carbocycles. The molecule has 1 heterocycles. The van der Waals surface area contributed by atoms with E-state index in [1.807, 2.05) is 5.32 Å². The van der Waals surface area contributed by atoms with Crippen molar-refractivity contribution < 1.29 is 18.7 Å². The second-order valence-electron chi connectivity index (χ2n) is 4.24. The molecule has 1 aromatic carbocycles. The Labute approximate surface area is 135 Å². The van der Waals surface area contributed by atoms with Crippen molar-refractivity contribution in [3.05, 3.63) is 30.1 Å². The van der Waals surface area contributed by atoms with Gasteiger partial charge >= 0.3 is 6.09 Å². The smallest absolute Gasteiger partial charge is 0.413 e. The molecule has 1 aromatic heterocycles. The zero-order chi connectivity index (χ0) is 16.8. The molecule has 0 atom stereocenters. The minimum Gasteiger partial charge on any atom is -0.450 e. The van der Waals surface area contributed by atoms with Crippen LogP contribution in [0.5, 0.6) is 0 Å². The summed E-state index contributed by atoms with van der Waals surface area (Å²) in [6, 6.07) is 5.74. The number of aromatic nitrogens is 3. The standard InChI is InChI=1S/C13H14FN5O3S/c1-2-22-13(21)16-10(20)7-23-12-18-17-11(19(12)15)8-4-3-5-9(14)6-8/h3-6H,2,7,15H2,1H3,(H,16,20,21). The molecule has 0 fully saturated rings. The Bertz CT molecular complexity index is 721. The third-order valence-electron chi connectivity index (χ3n) is 2.60. The summed E-state index contributed by atoms with van der Waals surface area (Å²) in [4.78, 5) is 22.6. The third kappa shape index (κ3) is 4.42. The first-order chi connectivity index (χ1) is 11.0. The van der Waals surface area contributed by atoms with E-state index in [2.05, 4.69) is 14.9 Å². The summed E-state index contributed by atoms with van der Waals surface area (Å²) in [5, 5.41) is 10.0. The van der Waals surface area contributed by atoms with Crippen molar-refractivity contribution in [2.45, 2.75) is 12.1 Å². The summed E-state index contributed by atoms with van der Waals surface area (Å²) in [5.41, 5.74) is 0.461. The average Bonchev–Trinajstić information content (AvgIpc) is 2.86. The van der Waals surface area contributed by atoms with Crippen LogP contribution in [0, 0.1) is 5.82 Å². The molecular formula is C13H14FN5O3S. The fourth-order valence-corrected chi connectivity index (χ4v) is 2.30. The Morgan fingerprint density at radius 3 is 2.91 bits per heavy atom. The maximum atomic E-state index is 13.2. The van der Waals surface area contributed by atoms with Crippen LogP contribution < -0.4 is 11.2 Å². The summed E-state index contributed by atoms with van der Waals surface area (Å²) in [6.07, 6.45) is -0.812. The SMILES string of the molecule is CCOC(=O)NC(=O)CSc1nnc(-c2cccc(F)c2)n1N. The van der Waals surface area contributed by atoms with Gasteiger partial charge in [-0.05, 0) is 19.1 Å². The van der Waals surface area contributed by atoms with E-state index in [9.17, 15) is 14.0 Å². The number of carbonyl (C=O) groups excluding carboxylic acids is 2. The number of nitrogens with zero attached hydrogens (tertiary/aromatic N) is 3. The number of imide groups is 1. The Kier molecular flexibility index (Phi) is 5.52. The number of benzene rings is 1. The summed E-state index contributed by atoms with van der Waals surface area (Å²) in [7, 11) is 0. The maximum absolute atomic E-state index is 13.2. The third-order valence-corrected chi connectivity index (χ3v) is 3.54. The van der Waals surface area contributed by atoms with Crippen molar-refractivity contribution in [1.82, 2.24) is 20.2 Å². The maximum Gasteiger partial charge on any atom is 0.413 e. The number of amides is 2. The van der Waals surface area contributed by atoms with Crippen LogP contribution in [0.1, 0.15) is 6.92 Å². The lowest BCUT2D eigenvalue weighted by atomic mass is 10.2. The predicted molar refractivity (Wildman–Crippen MR) is 81.5 cm³/mol. The summed E-state index contributed by atoms with van der Waals surface area (Å²) >= 11 is 0.986. The van der Waals surface area contributed by atoms with Gasteiger partial charge in [0.15, 0.2) is 5.82 Å². The van der Waals surface area contributed by atoms with Crippen LogP contribution in [-0.2, 0) is 9.53 Å². The second kappa shape index (κ2) is 7.58. The molecule has 0 spiro atoms. The lowest BCUT2D eigenvalue weighted by molar-refractivity contribution is -0.117. The van der Waals surface area contributed by atoms with Crippen molar-refractivity contribution >= 4 is 23.8 Å². The van der Waals surface area contributed by atoms with Crippen LogP contribution >= 0.6 is 11.8 Å². The average molecular weight is 339 g/mol. The number of rotatable bonds is 5. The molecule has 0 aliphatic heterocycles. The van der Waals surface area contributed by atoms with Crippen LogP contribution in [0.25, 0.3) is 11.4 Å². The molecule has 10 heteroatoms. The Morgan fingerprint density at radius 2 is 2.22 bits per heavy atom. The van der Waals surface area contributed by atoms with Gasteiger partial charge in [-0.25, -0.2) is 13.9 Å². The number of nitrogen functional groups attached to an aromatic ring is 1. The van der Waals surface area contributed by atoms with Crippen LogP contribution in [0.2, 0.25) is 0 Å². The first kappa shape index (κ1) is 16.7. The molecule has 2 aromatic rings. The topological polar surface area (TPSA) is 112 Å². The van der Waals surface area contributed by atoms with E-state index in [1.54, 1.807) is 13.0 Å². The molecule has 0 saturated heterocycles. The van der Waals surface area contributed by atoms with Crippen LogP contribution in [0.15, 0.2) is 29.4 Å². The van der Waals surface area contributed by atoms with Crippen molar-refractivity contribution in [3.8, 4) is 11.4 Å². The van der Waals surface area contributed by atoms with Gasteiger partial charge in [0.05, 0.1) is 12.4 Å². The first-order valence-corrected chi connectivity index (χ1v) is 7.55. The predicted octanol–water partition coefficient (Wildman–Crippen LogP) is 1.16. The van der Waals surface area contributed by atoms with Gasteiger partial charge in [-0.3, -0.25) is 10.1 Å². The van der Waals surface area contributed by atoms with Crippen molar-refractivity contribution in [1.29, 1.82) is 0 Å². The number of alkyl carbamates (subject to hydrolysis) is 1. The monoisotopic (exact) mass is 339 g/mol. The zero-order valence-electron chi connectivity index (χ0n) is 12.2. The molecular weight excluding hydrogens is 325 g/mol. The number of nitrogens with one attached hydrogen (secondary N) is 1. The van der Waals surface area contributed by atoms with Gasteiger partial charge in [-0.15, -0.1) is 10.2 Å². The summed E-state index contributed by atoms with van der Waals surface area (Å²) in [6.45, 7) is 1.80. The Balaban J connectivity index is 2.00. The zero-order valence-corrected chi connectivity index (χ0v) is 13.0. The number of hydrogen-bond donors (Lipinski definition) is 2. The summed E-state index contributed by atoms with van der Waals surface area (Å²) < 4.78 is 19.0. The first-order valence-electron chi connectivity index (χ1n) is 6.57. The number of carbonyl (C=O) groups is 2. The molecule has 0 bridgehead atoms. The van der Waals surface area contributed by atoms with Crippen molar-refractivity contribution in [2.24, 2.45) is 0 Å². The van der Waals surface area contributed by atoms with Gasteiger partial charge < -0.3 is 10.6 Å².